The van der Waals surface area contributed by atoms with E-state index < -0.39 is 29.4 Å². The quantitative estimate of drug-likeness (QED) is 0.205. The summed E-state index contributed by atoms with van der Waals surface area (Å²) in [7, 11) is 0. The third kappa shape index (κ3) is 8.93. The summed E-state index contributed by atoms with van der Waals surface area (Å²) in [5, 5.41) is 5.50. The van der Waals surface area contributed by atoms with Crippen molar-refractivity contribution in [2.45, 2.75) is 57.8 Å². The highest BCUT2D eigenvalue weighted by Crippen LogP contribution is 2.28. The number of nitrogens with two attached hydrogens (primary N) is 1. The minimum Gasteiger partial charge on any atom is -0.374 e. The number of nitrogens with zero attached hydrogens (tertiary/aromatic N) is 3. The number of rotatable bonds is 12. The van der Waals surface area contributed by atoms with Crippen molar-refractivity contribution < 1.29 is 19.1 Å². The van der Waals surface area contributed by atoms with E-state index in [0.717, 1.165) is 35.1 Å². The van der Waals surface area contributed by atoms with Crippen LogP contribution < -0.4 is 16.4 Å². The Kier molecular flexibility index (Phi) is 10.8. The van der Waals surface area contributed by atoms with Gasteiger partial charge in [0.05, 0.1) is 25.1 Å². The summed E-state index contributed by atoms with van der Waals surface area (Å²) in [6.45, 7) is 6.92. The van der Waals surface area contributed by atoms with Crippen LogP contribution in [0.15, 0.2) is 97.5 Å². The van der Waals surface area contributed by atoms with Crippen molar-refractivity contribution in [3.05, 3.63) is 109 Å². The van der Waals surface area contributed by atoms with Crippen LogP contribution in [-0.2, 0) is 25.7 Å². The summed E-state index contributed by atoms with van der Waals surface area (Å²) in [5.74, 6) is -0.208. The first-order valence-electron chi connectivity index (χ1n) is 16.1. The zero-order valence-electron chi connectivity index (χ0n) is 27.3. The molecule has 0 aliphatic carbocycles. The number of piperidine rings is 1. The second-order valence-electron chi connectivity index (χ2n) is 12.8. The monoisotopic (exact) mass is 636 g/mol. The summed E-state index contributed by atoms with van der Waals surface area (Å²) in [6.07, 6.45) is 5.11. The summed E-state index contributed by atoms with van der Waals surface area (Å²) in [5.41, 5.74) is 8.69. The molecule has 10 heteroatoms. The van der Waals surface area contributed by atoms with E-state index in [4.69, 9.17) is 10.5 Å². The van der Waals surface area contributed by atoms with Crippen LogP contribution in [0.1, 0.15) is 50.8 Å². The molecule has 1 aliphatic rings. The van der Waals surface area contributed by atoms with Crippen molar-refractivity contribution in [1.82, 2.24) is 19.8 Å². The fourth-order valence-electron chi connectivity index (χ4n) is 5.48. The predicted octanol–water partition coefficient (Wildman–Crippen LogP) is 4.78. The van der Waals surface area contributed by atoms with Gasteiger partial charge in [0, 0.05) is 19.3 Å². The van der Waals surface area contributed by atoms with Gasteiger partial charge in [0.1, 0.15) is 12.1 Å². The zero-order valence-corrected chi connectivity index (χ0v) is 27.3. The molecule has 1 saturated heterocycles. The van der Waals surface area contributed by atoms with E-state index in [2.05, 4.69) is 22.5 Å². The average molecular weight is 637 g/mol. The summed E-state index contributed by atoms with van der Waals surface area (Å²) in [6, 6.07) is 25.9. The highest BCUT2D eigenvalue weighted by molar-refractivity contribution is 5.98. The molecule has 0 bridgehead atoms. The molecule has 1 aromatic heterocycles. The van der Waals surface area contributed by atoms with Crippen LogP contribution in [0, 0.1) is 5.92 Å². The lowest BCUT2D eigenvalue weighted by Gasteiger charge is -2.33. The van der Waals surface area contributed by atoms with Crippen LogP contribution >= 0.6 is 0 Å². The molecule has 2 atom stereocenters. The maximum atomic E-state index is 14.1. The highest BCUT2D eigenvalue weighted by atomic mass is 16.5. The minimum atomic E-state index is -1.20. The van der Waals surface area contributed by atoms with Gasteiger partial charge in [-0.15, -0.1) is 0 Å². The van der Waals surface area contributed by atoms with Gasteiger partial charge < -0.3 is 30.6 Å². The molecule has 4 N–H and O–H groups in total. The van der Waals surface area contributed by atoms with Crippen LogP contribution in [-0.4, -0.2) is 63.4 Å². The first-order valence-corrected chi connectivity index (χ1v) is 16.1. The number of aromatic nitrogens is 2. The van der Waals surface area contributed by atoms with Crippen molar-refractivity contribution in [2.24, 2.45) is 11.7 Å². The number of nitrogens with one attached hydrogen (secondary N) is 2. The van der Waals surface area contributed by atoms with E-state index in [-0.39, 0.29) is 24.9 Å². The van der Waals surface area contributed by atoms with Crippen molar-refractivity contribution in [3.8, 4) is 11.1 Å². The van der Waals surface area contributed by atoms with Crippen LogP contribution in [0.4, 0.5) is 5.82 Å². The molecule has 0 spiro atoms. The van der Waals surface area contributed by atoms with Crippen molar-refractivity contribution in [2.75, 3.05) is 25.0 Å². The van der Waals surface area contributed by atoms with E-state index in [1.165, 1.54) is 0 Å². The van der Waals surface area contributed by atoms with Gasteiger partial charge in [-0.1, -0.05) is 91.9 Å². The zero-order chi connectivity index (χ0) is 33.4. The molecule has 1 fully saturated rings. The van der Waals surface area contributed by atoms with Gasteiger partial charge >= 0.3 is 0 Å². The Hall–Kier alpha value is -4.80. The van der Waals surface area contributed by atoms with Crippen molar-refractivity contribution in [3.63, 3.8) is 0 Å². The van der Waals surface area contributed by atoms with Gasteiger partial charge in [0.25, 0.3) is 5.91 Å². The number of hydrogen-bond acceptors (Lipinski definition) is 6. The molecule has 10 nitrogen and oxygen atoms in total. The Labute approximate surface area is 276 Å². The number of hydrogen-bond donors (Lipinski definition) is 3. The molecule has 47 heavy (non-hydrogen) atoms. The Morgan fingerprint density at radius 1 is 0.936 bits per heavy atom. The molecular formula is C37H44N6O4. The Morgan fingerprint density at radius 3 is 2.19 bits per heavy atom. The summed E-state index contributed by atoms with van der Waals surface area (Å²) in [4.78, 5) is 46.6. The van der Waals surface area contributed by atoms with Gasteiger partial charge in [-0.2, -0.15) is 0 Å². The van der Waals surface area contributed by atoms with E-state index >= 15 is 0 Å². The first-order chi connectivity index (χ1) is 22.6. The predicted molar refractivity (Wildman–Crippen MR) is 182 cm³/mol. The third-order valence-corrected chi connectivity index (χ3v) is 8.42. The first kappa shape index (κ1) is 33.6. The third-order valence-electron chi connectivity index (χ3n) is 8.42. The highest BCUT2D eigenvalue weighted by Gasteiger charge is 2.31. The number of amides is 3. The molecule has 1 unspecified atom stereocenters. The van der Waals surface area contributed by atoms with Crippen LogP contribution in [0.3, 0.4) is 0 Å². The number of ether oxygens (including phenoxy) is 1. The molecule has 0 saturated carbocycles. The number of likely N-dealkylation sites (tertiary alicyclic amines) is 1. The van der Waals surface area contributed by atoms with Gasteiger partial charge in [0.15, 0.2) is 5.82 Å². The molecule has 4 aromatic rings. The summed E-state index contributed by atoms with van der Waals surface area (Å²) < 4.78 is 7.54. The van der Waals surface area contributed by atoms with Crippen molar-refractivity contribution >= 4 is 23.5 Å². The molecule has 246 valence electrons. The van der Waals surface area contributed by atoms with Gasteiger partial charge in [0.2, 0.25) is 11.8 Å². The smallest absolute Gasteiger partial charge is 0.250 e. The lowest BCUT2D eigenvalue weighted by molar-refractivity contribution is -0.135. The molecule has 3 amide bonds. The maximum Gasteiger partial charge on any atom is 0.250 e. The average Bonchev–Trinajstić information content (AvgIpc) is 3.53. The molecular weight excluding hydrogens is 592 g/mol. The maximum absolute atomic E-state index is 14.1. The number of imidazole rings is 1. The number of carbonyl (C=O) groups excluding carboxylic acids is 3. The fraction of sp³-hybridized carbons (Fsp3) is 0.351. The summed E-state index contributed by atoms with van der Waals surface area (Å²) >= 11 is 0. The van der Waals surface area contributed by atoms with Crippen LogP contribution in [0.5, 0.6) is 0 Å². The van der Waals surface area contributed by atoms with Gasteiger partial charge in [-0.3, -0.25) is 14.4 Å². The van der Waals surface area contributed by atoms with Crippen LogP contribution in [0.2, 0.25) is 0 Å². The topological polar surface area (TPSA) is 132 Å². The largest absolute Gasteiger partial charge is 0.374 e. The molecule has 3 aromatic carbocycles. The van der Waals surface area contributed by atoms with E-state index in [9.17, 15) is 14.4 Å². The van der Waals surface area contributed by atoms with E-state index in [1.54, 1.807) is 30.9 Å². The number of carbonyl (C=O) groups is 3. The van der Waals surface area contributed by atoms with Crippen molar-refractivity contribution in [1.29, 1.82) is 0 Å². The second kappa shape index (κ2) is 15.2. The molecule has 2 heterocycles. The second-order valence-corrected chi connectivity index (χ2v) is 12.8. The van der Waals surface area contributed by atoms with E-state index in [1.807, 2.05) is 89.8 Å². The fourth-order valence-corrected chi connectivity index (χ4v) is 5.48. The van der Waals surface area contributed by atoms with Gasteiger partial charge in [-0.25, -0.2) is 4.98 Å². The van der Waals surface area contributed by atoms with E-state index in [0.29, 0.717) is 19.0 Å². The Morgan fingerprint density at radius 2 is 1.55 bits per heavy atom. The molecule has 0 radical (unpaired) electrons. The van der Waals surface area contributed by atoms with Crippen LogP contribution in [0.25, 0.3) is 11.1 Å². The minimum absolute atomic E-state index is 0.0238. The Balaban J connectivity index is 1.35. The SMILES string of the molecule is CC1CCN(C(=O)C(c2ccc(-c3ccccc3)cc2)n2cnc(NC(=O)[C@@H](COCc3ccccc3)NC(=O)C(C)(C)N)c2)CC1. The number of benzene rings is 3. The Bertz CT molecular complexity index is 1620. The lowest BCUT2D eigenvalue weighted by atomic mass is 9.96. The standard InChI is InChI=1S/C37H44N6O4/c1-26-18-20-42(21-19-26)35(45)33(30-16-14-29(15-17-30)28-12-8-5-9-13-28)43-22-32(39-25-43)41-34(44)31(40-36(46)37(2,3)38)24-47-23-27-10-6-4-7-11-27/h4-17,22,25-26,31,33H,18-21,23-24,38H2,1-3H3,(H,40,46)(H,41,44)/t31-,33?/m1/s1. The molecule has 5 rings (SSSR count). The number of anilines is 1. The normalized spacial score (nSPS) is 15.1. The van der Waals surface area contributed by atoms with Gasteiger partial charge in [-0.05, 0) is 54.9 Å². The lowest BCUT2D eigenvalue weighted by Crippen LogP contribution is -2.56. The molecule has 1 aliphatic heterocycles.